The van der Waals surface area contributed by atoms with Gasteiger partial charge >= 0.3 is 0 Å². The summed E-state index contributed by atoms with van der Waals surface area (Å²) in [4.78, 5) is 32.3. The minimum atomic E-state index is -0.522. The van der Waals surface area contributed by atoms with Gasteiger partial charge in [0.2, 0.25) is 11.8 Å². The summed E-state index contributed by atoms with van der Waals surface area (Å²) in [6.07, 6.45) is 0.873. The second kappa shape index (κ2) is 11.2. The molecule has 1 aliphatic rings. The zero-order chi connectivity index (χ0) is 23.0. The molecule has 168 valence electrons. The molecule has 0 aromatic heterocycles. The Kier molecular flexibility index (Phi) is 7.81. The highest BCUT2D eigenvalue weighted by Crippen LogP contribution is 2.30. The van der Waals surface area contributed by atoms with Gasteiger partial charge < -0.3 is 5.32 Å². The Balaban J connectivity index is 1.49. The fraction of sp³-hybridized carbons (Fsp3) is 0.192. The van der Waals surface area contributed by atoms with Crippen LogP contribution in [-0.4, -0.2) is 33.7 Å². The molecule has 0 unspecified atom stereocenters. The molecule has 0 aliphatic carbocycles. The molecule has 1 saturated heterocycles. The van der Waals surface area contributed by atoms with E-state index in [1.165, 1.54) is 11.8 Å². The predicted molar refractivity (Wildman–Crippen MR) is 135 cm³/mol. The highest BCUT2D eigenvalue weighted by Gasteiger charge is 2.35. The molecule has 1 N–H and O–H groups in total. The van der Waals surface area contributed by atoms with Gasteiger partial charge in [-0.15, -0.1) is 0 Å². The fourth-order valence-corrected chi connectivity index (χ4v) is 4.73. The summed E-state index contributed by atoms with van der Waals surface area (Å²) < 4.78 is 0. The van der Waals surface area contributed by atoms with Crippen molar-refractivity contribution in [1.29, 1.82) is 0 Å². The van der Waals surface area contributed by atoms with Crippen molar-refractivity contribution >= 4 is 46.0 Å². The number of thioether (sulfide) groups is 1. The van der Waals surface area contributed by atoms with Crippen LogP contribution in [0.4, 0.5) is 5.69 Å². The van der Waals surface area contributed by atoms with Crippen LogP contribution in [0.1, 0.15) is 17.5 Å². The van der Waals surface area contributed by atoms with Crippen molar-refractivity contribution in [1.82, 2.24) is 10.2 Å². The van der Waals surface area contributed by atoms with Crippen molar-refractivity contribution in [3.05, 3.63) is 101 Å². The molecule has 0 radical (unpaired) electrons. The van der Waals surface area contributed by atoms with Crippen LogP contribution < -0.4 is 5.32 Å². The lowest BCUT2D eigenvalue weighted by Gasteiger charge is -2.32. The lowest BCUT2D eigenvalue weighted by Crippen LogP contribution is -2.46. The third-order valence-electron chi connectivity index (χ3n) is 5.22. The van der Waals surface area contributed by atoms with Crippen molar-refractivity contribution in [2.24, 2.45) is 4.99 Å². The highest BCUT2D eigenvalue weighted by atomic mass is 35.5. The maximum absolute atomic E-state index is 13.1. The molecule has 5 nitrogen and oxygen atoms in total. The SMILES string of the molecule is O=C(NCCc1ccccc1)[C@@H]1CC(=O)N(Cc2ccccc2)C(=Nc2ccc(Cl)cc2)S1. The maximum Gasteiger partial charge on any atom is 0.234 e. The van der Waals surface area contributed by atoms with E-state index >= 15 is 0 Å². The standard InChI is InChI=1S/C26H24ClN3O2S/c27-21-11-13-22(14-12-21)29-26-30(18-20-9-5-2-6-10-20)24(31)17-23(33-26)25(32)28-16-15-19-7-3-1-4-8-19/h1-14,23H,15-18H2,(H,28,32)/t23-/m0/s1. The normalized spacial score (nSPS) is 17.2. The Labute approximate surface area is 202 Å². The predicted octanol–water partition coefficient (Wildman–Crippen LogP) is 5.22. The van der Waals surface area contributed by atoms with Crippen LogP contribution in [0.2, 0.25) is 5.02 Å². The smallest absolute Gasteiger partial charge is 0.234 e. The van der Waals surface area contributed by atoms with Crippen LogP contribution in [0.5, 0.6) is 0 Å². The second-order valence-electron chi connectivity index (χ2n) is 7.67. The van der Waals surface area contributed by atoms with E-state index in [2.05, 4.69) is 5.32 Å². The first-order valence-electron chi connectivity index (χ1n) is 10.8. The van der Waals surface area contributed by atoms with Gasteiger partial charge in [0, 0.05) is 18.0 Å². The number of hydrogen-bond acceptors (Lipinski definition) is 4. The van der Waals surface area contributed by atoms with Gasteiger partial charge in [0.05, 0.1) is 17.5 Å². The summed E-state index contributed by atoms with van der Waals surface area (Å²) in [6, 6.07) is 26.9. The van der Waals surface area contributed by atoms with E-state index in [9.17, 15) is 9.59 Å². The van der Waals surface area contributed by atoms with Gasteiger partial charge in [-0.25, -0.2) is 4.99 Å². The number of amidine groups is 1. The summed E-state index contributed by atoms with van der Waals surface area (Å²) in [6.45, 7) is 0.924. The lowest BCUT2D eigenvalue weighted by atomic mass is 10.1. The van der Waals surface area contributed by atoms with Crippen LogP contribution >= 0.6 is 23.4 Å². The van der Waals surface area contributed by atoms with Crippen LogP contribution in [0.15, 0.2) is 89.9 Å². The number of nitrogens with one attached hydrogen (secondary N) is 1. The van der Waals surface area contributed by atoms with Gasteiger partial charge in [-0.05, 0) is 41.8 Å². The number of carbonyl (C=O) groups excluding carboxylic acids is 2. The van der Waals surface area contributed by atoms with Crippen LogP contribution in [0.3, 0.4) is 0 Å². The fourth-order valence-electron chi connectivity index (χ4n) is 3.48. The molecule has 3 aromatic carbocycles. The first kappa shape index (κ1) is 23.1. The van der Waals surface area contributed by atoms with Crippen molar-refractivity contribution in [3.8, 4) is 0 Å². The number of halogens is 1. The number of carbonyl (C=O) groups is 2. The van der Waals surface area contributed by atoms with E-state index in [1.807, 2.05) is 60.7 Å². The highest BCUT2D eigenvalue weighted by molar-refractivity contribution is 8.15. The Morgan fingerprint density at radius 1 is 0.970 bits per heavy atom. The number of benzene rings is 3. The molecule has 3 aromatic rings. The lowest BCUT2D eigenvalue weighted by molar-refractivity contribution is -0.130. The monoisotopic (exact) mass is 477 g/mol. The van der Waals surface area contributed by atoms with Crippen LogP contribution in [0, 0.1) is 0 Å². The van der Waals surface area contributed by atoms with Gasteiger partial charge in [0.15, 0.2) is 5.17 Å². The Bertz CT molecular complexity index is 1120. The molecule has 33 heavy (non-hydrogen) atoms. The molecular weight excluding hydrogens is 454 g/mol. The topological polar surface area (TPSA) is 61.8 Å². The molecule has 4 rings (SSSR count). The van der Waals surface area contributed by atoms with Crippen molar-refractivity contribution in [2.75, 3.05) is 6.54 Å². The minimum absolute atomic E-state index is 0.117. The summed E-state index contributed by atoms with van der Waals surface area (Å²) >= 11 is 7.33. The van der Waals surface area contributed by atoms with E-state index in [-0.39, 0.29) is 18.2 Å². The summed E-state index contributed by atoms with van der Waals surface area (Å²) in [7, 11) is 0. The Morgan fingerprint density at radius 2 is 1.61 bits per heavy atom. The van der Waals surface area contributed by atoms with Gasteiger partial charge in [-0.3, -0.25) is 14.5 Å². The largest absolute Gasteiger partial charge is 0.355 e. The van der Waals surface area contributed by atoms with Crippen LogP contribution in [0.25, 0.3) is 0 Å². The molecule has 2 amide bonds. The summed E-state index contributed by atoms with van der Waals surface area (Å²) in [5.41, 5.74) is 2.84. The quantitative estimate of drug-likeness (QED) is 0.507. The number of aliphatic imine (C=N–C) groups is 1. The van der Waals surface area contributed by atoms with Gasteiger partial charge in [-0.2, -0.15) is 0 Å². The molecular formula is C26H24ClN3O2S. The van der Waals surface area contributed by atoms with E-state index in [1.54, 1.807) is 29.2 Å². The molecule has 1 atom stereocenters. The van der Waals surface area contributed by atoms with Crippen molar-refractivity contribution in [2.45, 2.75) is 24.6 Å². The zero-order valence-electron chi connectivity index (χ0n) is 18.0. The van der Waals surface area contributed by atoms with E-state index < -0.39 is 5.25 Å². The van der Waals surface area contributed by atoms with Crippen molar-refractivity contribution < 1.29 is 9.59 Å². The number of amides is 2. The average molecular weight is 478 g/mol. The van der Waals surface area contributed by atoms with E-state index in [0.29, 0.717) is 29.0 Å². The summed E-state index contributed by atoms with van der Waals surface area (Å²) in [5.74, 6) is -0.263. The van der Waals surface area contributed by atoms with E-state index in [4.69, 9.17) is 16.6 Å². The molecule has 1 fully saturated rings. The molecule has 7 heteroatoms. The second-order valence-corrected chi connectivity index (χ2v) is 9.28. The number of rotatable bonds is 7. The first-order valence-corrected chi connectivity index (χ1v) is 12.0. The molecule has 1 heterocycles. The number of hydrogen-bond donors (Lipinski definition) is 1. The first-order chi connectivity index (χ1) is 16.1. The molecule has 0 bridgehead atoms. The van der Waals surface area contributed by atoms with Gasteiger partial charge in [0.25, 0.3) is 0 Å². The molecule has 1 aliphatic heterocycles. The average Bonchev–Trinajstić information content (AvgIpc) is 2.84. The van der Waals surface area contributed by atoms with Crippen molar-refractivity contribution in [3.63, 3.8) is 0 Å². The molecule has 0 saturated carbocycles. The Hall–Kier alpha value is -3.09. The third-order valence-corrected chi connectivity index (χ3v) is 6.66. The van der Waals surface area contributed by atoms with Gasteiger partial charge in [-0.1, -0.05) is 84.0 Å². The summed E-state index contributed by atoms with van der Waals surface area (Å²) in [5, 5.41) is 3.58. The van der Waals surface area contributed by atoms with Gasteiger partial charge in [0.1, 0.15) is 0 Å². The zero-order valence-corrected chi connectivity index (χ0v) is 19.6. The third kappa shape index (κ3) is 6.46. The minimum Gasteiger partial charge on any atom is -0.355 e. The Morgan fingerprint density at radius 3 is 2.27 bits per heavy atom. The van der Waals surface area contributed by atoms with E-state index in [0.717, 1.165) is 17.5 Å². The van der Waals surface area contributed by atoms with Crippen LogP contribution in [-0.2, 0) is 22.6 Å². The maximum atomic E-state index is 13.1. The molecule has 0 spiro atoms. The number of nitrogens with zero attached hydrogens (tertiary/aromatic N) is 2.